The summed E-state index contributed by atoms with van der Waals surface area (Å²) in [6, 6.07) is 17.0. The number of methoxy groups -OCH3 is 1. The summed E-state index contributed by atoms with van der Waals surface area (Å²) in [4.78, 5) is 4.20. The highest BCUT2D eigenvalue weighted by Crippen LogP contribution is 2.25. The second-order valence-corrected chi connectivity index (χ2v) is 5.53. The number of hydrogen-bond acceptors (Lipinski definition) is 6. The zero-order valence-corrected chi connectivity index (χ0v) is 15.1. The molecule has 0 saturated heterocycles. The van der Waals surface area contributed by atoms with Crippen molar-refractivity contribution < 1.29 is 13.9 Å². The van der Waals surface area contributed by atoms with Gasteiger partial charge < -0.3 is 19.2 Å². The zero-order chi connectivity index (χ0) is 19.1. The SMILES string of the molecule is CCOc1ccc(Nc2oc(/C=C/c3cccc(OC)c3)nc2C#N)cc1. The van der Waals surface area contributed by atoms with Gasteiger partial charge in [-0.1, -0.05) is 12.1 Å². The van der Waals surface area contributed by atoms with Gasteiger partial charge in [0.05, 0.1) is 13.7 Å². The summed E-state index contributed by atoms with van der Waals surface area (Å²) in [5.74, 6) is 2.18. The predicted octanol–water partition coefficient (Wildman–Crippen LogP) is 4.87. The molecule has 1 aromatic heterocycles. The largest absolute Gasteiger partial charge is 0.497 e. The van der Waals surface area contributed by atoms with Crippen LogP contribution in [0.5, 0.6) is 11.5 Å². The number of nitrogens with one attached hydrogen (secondary N) is 1. The number of ether oxygens (including phenoxy) is 2. The van der Waals surface area contributed by atoms with E-state index in [0.717, 1.165) is 22.7 Å². The van der Waals surface area contributed by atoms with Crippen LogP contribution in [0.1, 0.15) is 24.1 Å². The fraction of sp³-hybridized carbons (Fsp3) is 0.143. The third-order valence-corrected chi connectivity index (χ3v) is 3.68. The van der Waals surface area contributed by atoms with Crippen molar-refractivity contribution in [1.29, 1.82) is 5.26 Å². The monoisotopic (exact) mass is 361 g/mol. The predicted molar refractivity (Wildman–Crippen MR) is 104 cm³/mol. The lowest BCUT2D eigenvalue weighted by atomic mass is 10.2. The molecule has 27 heavy (non-hydrogen) atoms. The summed E-state index contributed by atoms with van der Waals surface area (Å²) in [5.41, 5.74) is 1.90. The fourth-order valence-corrected chi connectivity index (χ4v) is 2.41. The van der Waals surface area contributed by atoms with Crippen molar-refractivity contribution in [1.82, 2.24) is 4.98 Å². The van der Waals surface area contributed by atoms with Crippen LogP contribution in [-0.2, 0) is 0 Å². The van der Waals surface area contributed by atoms with E-state index in [4.69, 9.17) is 13.9 Å². The van der Waals surface area contributed by atoms with Crippen LogP contribution in [0.15, 0.2) is 52.9 Å². The van der Waals surface area contributed by atoms with Crippen molar-refractivity contribution in [2.75, 3.05) is 19.0 Å². The third-order valence-electron chi connectivity index (χ3n) is 3.68. The minimum absolute atomic E-state index is 0.189. The van der Waals surface area contributed by atoms with Gasteiger partial charge in [-0.15, -0.1) is 0 Å². The van der Waals surface area contributed by atoms with Crippen LogP contribution in [0.25, 0.3) is 12.2 Å². The van der Waals surface area contributed by atoms with Gasteiger partial charge in [0.2, 0.25) is 17.5 Å². The molecule has 1 heterocycles. The molecule has 6 nitrogen and oxygen atoms in total. The molecular weight excluding hydrogens is 342 g/mol. The van der Waals surface area contributed by atoms with Crippen LogP contribution >= 0.6 is 0 Å². The molecule has 0 bridgehead atoms. The highest BCUT2D eigenvalue weighted by atomic mass is 16.5. The van der Waals surface area contributed by atoms with Gasteiger partial charge in [-0.25, -0.2) is 0 Å². The molecule has 0 radical (unpaired) electrons. The normalized spacial score (nSPS) is 10.6. The number of anilines is 2. The summed E-state index contributed by atoms with van der Waals surface area (Å²) in [6.07, 6.45) is 3.55. The Morgan fingerprint density at radius 3 is 2.67 bits per heavy atom. The van der Waals surface area contributed by atoms with Crippen LogP contribution in [0.4, 0.5) is 11.6 Å². The Morgan fingerprint density at radius 1 is 1.15 bits per heavy atom. The lowest BCUT2D eigenvalue weighted by Gasteiger charge is -2.05. The van der Waals surface area contributed by atoms with Gasteiger partial charge in [0.25, 0.3) is 0 Å². The van der Waals surface area contributed by atoms with E-state index in [1.807, 2.05) is 67.6 Å². The molecule has 3 rings (SSSR count). The molecule has 0 saturated carbocycles. The van der Waals surface area contributed by atoms with Crippen LogP contribution in [0, 0.1) is 11.3 Å². The smallest absolute Gasteiger partial charge is 0.236 e. The number of nitrogens with zero attached hydrogens (tertiary/aromatic N) is 2. The van der Waals surface area contributed by atoms with Crippen LogP contribution in [0.2, 0.25) is 0 Å². The van der Waals surface area contributed by atoms with E-state index < -0.39 is 0 Å². The maximum atomic E-state index is 9.30. The van der Waals surface area contributed by atoms with E-state index in [-0.39, 0.29) is 5.69 Å². The molecule has 0 atom stereocenters. The van der Waals surface area contributed by atoms with Gasteiger partial charge in [0.15, 0.2) is 0 Å². The number of benzene rings is 2. The van der Waals surface area contributed by atoms with Gasteiger partial charge in [0.1, 0.15) is 17.6 Å². The molecule has 2 aromatic carbocycles. The van der Waals surface area contributed by atoms with Crippen LogP contribution in [0.3, 0.4) is 0 Å². The first-order chi connectivity index (χ1) is 13.2. The average molecular weight is 361 g/mol. The van der Waals surface area contributed by atoms with E-state index >= 15 is 0 Å². The van der Waals surface area contributed by atoms with E-state index in [9.17, 15) is 5.26 Å². The topological polar surface area (TPSA) is 80.3 Å². The number of rotatable bonds is 7. The summed E-state index contributed by atoms with van der Waals surface area (Å²) in [6.45, 7) is 2.54. The van der Waals surface area contributed by atoms with E-state index in [1.165, 1.54) is 0 Å². The molecule has 136 valence electrons. The van der Waals surface area contributed by atoms with Gasteiger partial charge in [-0.2, -0.15) is 10.2 Å². The summed E-state index contributed by atoms with van der Waals surface area (Å²) in [5, 5.41) is 12.4. The molecule has 3 aromatic rings. The van der Waals surface area contributed by atoms with Crippen molar-refractivity contribution in [2.45, 2.75) is 6.92 Å². The quantitative estimate of drug-likeness (QED) is 0.647. The molecule has 0 aliphatic heterocycles. The van der Waals surface area contributed by atoms with E-state index in [0.29, 0.717) is 18.4 Å². The van der Waals surface area contributed by atoms with Crippen molar-refractivity contribution in [3.8, 4) is 17.6 Å². The van der Waals surface area contributed by atoms with Crippen molar-refractivity contribution in [3.05, 3.63) is 65.7 Å². The number of hydrogen-bond donors (Lipinski definition) is 1. The first-order valence-electron chi connectivity index (χ1n) is 8.44. The Balaban J connectivity index is 1.76. The summed E-state index contributed by atoms with van der Waals surface area (Å²) >= 11 is 0. The number of oxazole rings is 1. The zero-order valence-electron chi connectivity index (χ0n) is 15.1. The maximum Gasteiger partial charge on any atom is 0.236 e. The molecule has 0 spiro atoms. The van der Waals surface area contributed by atoms with Crippen LogP contribution < -0.4 is 14.8 Å². The van der Waals surface area contributed by atoms with Gasteiger partial charge >= 0.3 is 0 Å². The molecule has 0 fully saturated rings. The van der Waals surface area contributed by atoms with Crippen molar-refractivity contribution in [2.24, 2.45) is 0 Å². The van der Waals surface area contributed by atoms with Gasteiger partial charge in [-0.05, 0) is 55.0 Å². The van der Waals surface area contributed by atoms with Gasteiger partial charge in [0, 0.05) is 11.8 Å². The molecule has 0 amide bonds. The molecule has 0 aliphatic rings. The minimum Gasteiger partial charge on any atom is -0.497 e. The third kappa shape index (κ3) is 4.67. The number of aromatic nitrogens is 1. The Morgan fingerprint density at radius 2 is 1.96 bits per heavy atom. The van der Waals surface area contributed by atoms with E-state index in [2.05, 4.69) is 10.3 Å². The second kappa shape index (κ2) is 8.59. The standard InChI is InChI=1S/C21H19N3O3/c1-3-26-17-10-8-16(9-11-17)23-21-19(14-22)24-20(27-21)12-7-15-5-4-6-18(13-15)25-2/h4-13,23H,3H2,1-2H3/b12-7+. The minimum atomic E-state index is 0.189. The average Bonchev–Trinajstić information content (AvgIpc) is 3.10. The Hall–Kier alpha value is -3.72. The lowest BCUT2D eigenvalue weighted by Crippen LogP contribution is -1.93. The lowest BCUT2D eigenvalue weighted by molar-refractivity contribution is 0.340. The highest BCUT2D eigenvalue weighted by molar-refractivity contribution is 5.69. The van der Waals surface area contributed by atoms with Crippen molar-refractivity contribution >= 4 is 23.7 Å². The Bertz CT molecular complexity index is 969. The molecular formula is C21H19N3O3. The Labute approximate surface area is 157 Å². The van der Waals surface area contributed by atoms with E-state index in [1.54, 1.807) is 13.2 Å². The number of nitriles is 1. The van der Waals surface area contributed by atoms with Gasteiger partial charge in [-0.3, -0.25) is 0 Å². The molecule has 0 unspecified atom stereocenters. The molecule has 0 aliphatic carbocycles. The van der Waals surface area contributed by atoms with Crippen molar-refractivity contribution in [3.63, 3.8) is 0 Å². The highest BCUT2D eigenvalue weighted by Gasteiger charge is 2.11. The first kappa shape index (κ1) is 18.1. The Kier molecular flexibility index (Phi) is 5.75. The fourth-order valence-electron chi connectivity index (χ4n) is 2.41. The summed E-state index contributed by atoms with van der Waals surface area (Å²) in [7, 11) is 1.62. The second-order valence-electron chi connectivity index (χ2n) is 5.53. The summed E-state index contributed by atoms with van der Waals surface area (Å²) < 4.78 is 16.3. The van der Waals surface area contributed by atoms with Crippen LogP contribution in [-0.4, -0.2) is 18.7 Å². The molecule has 6 heteroatoms. The first-order valence-corrected chi connectivity index (χ1v) is 8.44. The molecule has 1 N–H and O–H groups in total. The maximum absolute atomic E-state index is 9.30.